The molecule has 0 radical (unpaired) electrons. The highest BCUT2D eigenvalue weighted by Gasteiger charge is 1.86. The maximum atomic E-state index is 12.3. The zero-order valence-corrected chi connectivity index (χ0v) is 6.00. The van der Waals surface area contributed by atoms with Crippen LogP contribution in [0.4, 0.5) is 4.39 Å². The molecule has 0 N–H and O–H groups in total. The van der Waals surface area contributed by atoms with Crippen molar-refractivity contribution in [3.8, 4) is 6.57 Å². The summed E-state index contributed by atoms with van der Waals surface area (Å²) in [5, 5.41) is 6.50. The average molecular weight is 149 g/mol. The fraction of sp³-hybridized carbons (Fsp3) is 0. The van der Waals surface area contributed by atoms with Gasteiger partial charge in [0.1, 0.15) is 5.82 Å². The van der Waals surface area contributed by atoms with Gasteiger partial charge in [-0.15, -0.1) is 0 Å². The Morgan fingerprint density at radius 1 is 1.45 bits per heavy atom. The third kappa shape index (κ3) is 3.17. The number of rotatable bonds is 1. The standard InChI is InChI=1S/C8H7F.CHN/c1-2-7-4-3-5-8(9)6-7;1-2/h2-6H,1H2;1H. The van der Waals surface area contributed by atoms with E-state index in [1.54, 1.807) is 18.2 Å². The van der Waals surface area contributed by atoms with Gasteiger partial charge in [0.15, 0.2) is 0 Å². The lowest BCUT2D eigenvalue weighted by Crippen LogP contribution is -1.73. The summed E-state index contributed by atoms with van der Waals surface area (Å²) in [5.74, 6) is -0.215. The van der Waals surface area contributed by atoms with Gasteiger partial charge in [0, 0.05) is 6.57 Å². The minimum absolute atomic E-state index is 0.215. The molecule has 0 aliphatic rings. The van der Waals surface area contributed by atoms with Crippen LogP contribution in [-0.4, -0.2) is 0 Å². The topological polar surface area (TPSA) is 23.8 Å². The molecule has 0 aliphatic carbocycles. The Morgan fingerprint density at radius 3 is 2.45 bits per heavy atom. The molecule has 0 fully saturated rings. The van der Waals surface area contributed by atoms with E-state index in [0.717, 1.165) is 5.56 Å². The van der Waals surface area contributed by atoms with Crippen molar-refractivity contribution < 1.29 is 4.39 Å². The van der Waals surface area contributed by atoms with Gasteiger partial charge in [-0.25, -0.2) is 9.65 Å². The van der Waals surface area contributed by atoms with Crippen molar-refractivity contribution in [2.24, 2.45) is 0 Å². The highest BCUT2D eigenvalue weighted by Crippen LogP contribution is 2.03. The quantitative estimate of drug-likeness (QED) is 0.602. The molecule has 0 aliphatic heterocycles. The van der Waals surface area contributed by atoms with E-state index in [0.29, 0.717) is 0 Å². The Balaban J connectivity index is 0.000000461. The molecule has 0 aromatic heterocycles. The van der Waals surface area contributed by atoms with Crippen molar-refractivity contribution in [1.82, 2.24) is 0 Å². The van der Waals surface area contributed by atoms with Crippen LogP contribution >= 0.6 is 0 Å². The van der Waals surface area contributed by atoms with E-state index in [4.69, 9.17) is 5.26 Å². The molecule has 0 heterocycles. The summed E-state index contributed by atoms with van der Waals surface area (Å²) in [5.41, 5.74) is 0.815. The van der Waals surface area contributed by atoms with Gasteiger partial charge in [-0.2, -0.15) is 0 Å². The SMILES string of the molecule is C#N.C=Cc1cccc(F)c1. The second-order valence-electron chi connectivity index (χ2n) is 1.76. The van der Waals surface area contributed by atoms with Crippen LogP contribution in [0.3, 0.4) is 0 Å². The van der Waals surface area contributed by atoms with Crippen molar-refractivity contribution in [3.63, 3.8) is 0 Å². The predicted octanol–water partition coefficient (Wildman–Crippen LogP) is 2.61. The molecule has 0 saturated carbocycles. The second kappa shape index (κ2) is 5.19. The predicted molar refractivity (Wildman–Crippen MR) is 43.2 cm³/mol. The van der Waals surface area contributed by atoms with Gasteiger partial charge in [-0.3, -0.25) is 0 Å². The molecule has 56 valence electrons. The molecular formula is C9H8FN. The number of nitrogens with zero attached hydrogens (tertiary/aromatic N) is 1. The Morgan fingerprint density at radius 2 is 2.09 bits per heavy atom. The monoisotopic (exact) mass is 149 g/mol. The van der Waals surface area contributed by atoms with Crippen LogP contribution in [0.2, 0.25) is 0 Å². The first-order valence-corrected chi connectivity index (χ1v) is 2.97. The van der Waals surface area contributed by atoms with Crippen molar-refractivity contribution >= 4 is 6.08 Å². The van der Waals surface area contributed by atoms with Gasteiger partial charge in [-0.05, 0) is 17.7 Å². The van der Waals surface area contributed by atoms with E-state index in [-0.39, 0.29) is 5.82 Å². The molecule has 0 saturated heterocycles. The highest BCUT2D eigenvalue weighted by molar-refractivity contribution is 5.46. The second-order valence-corrected chi connectivity index (χ2v) is 1.76. The summed E-state index contributed by atoms with van der Waals surface area (Å²) in [7, 11) is 0. The number of halogens is 1. The summed E-state index contributed by atoms with van der Waals surface area (Å²) in [6.07, 6.45) is 1.61. The number of benzene rings is 1. The molecule has 2 heteroatoms. The molecule has 1 rings (SSSR count). The Labute approximate surface area is 65.4 Å². The van der Waals surface area contributed by atoms with Crippen LogP contribution in [0.25, 0.3) is 6.08 Å². The van der Waals surface area contributed by atoms with E-state index >= 15 is 0 Å². The third-order valence-electron chi connectivity index (χ3n) is 1.08. The van der Waals surface area contributed by atoms with Gasteiger partial charge in [0.25, 0.3) is 0 Å². The molecule has 1 aromatic carbocycles. The van der Waals surface area contributed by atoms with Gasteiger partial charge >= 0.3 is 0 Å². The van der Waals surface area contributed by atoms with Crippen LogP contribution in [0, 0.1) is 17.7 Å². The van der Waals surface area contributed by atoms with Crippen LogP contribution in [0.15, 0.2) is 30.8 Å². The number of hydrogen-bond acceptors (Lipinski definition) is 1. The molecule has 11 heavy (non-hydrogen) atoms. The largest absolute Gasteiger partial charge is 0.207 e. The average Bonchev–Trinajstić information content (AvgIpc) is 2.08. The van der Waals surface area contributed by atoms with E-state index < -0.39 is 0 Å². The van der Waals surface area contributed by atoms with Crippen LogP contribution < -0.4 is 0 Å². The smallest absolute Gasteiger partial charge is 0.123 e. The first-order chi connectivity index (χ1) is 5.33. The minimum atomic E-state index is -0.215. The Kier molecular flexibility index (Phi) is 4.42. The normalized spacial score (nSPS) is 7.55. The Hall–Kier alpha value is -1.62. The van der Waals surface area contributed by atoms with Gasteiger partial charge < -0.3 is 0 Å². The van der Waals surface area contributed by atoms with Gasteiger partial charge in [0.2, 0.25) is 0 Å². The number of hydrogen-bond donors (Lipinski definition) is 0. The molecule has 0 unspecified atom stereocenters. The maximum Gasteiger partial charge on any atom is 0.123 e. The zero-order chi connectivity index (χ0) is 8.69. The molecule has 0 atom stereocenters. The lowest BCUT2D eigenvalue weighted by Gasteiger charge is -1.89. The maximum absolute atomic E-state index is 12.3. The van der Waals surface area contributed by atoms with Crippen molar-refractivity contribution in [2.45, 2.75) is 0 Å². The van der Waals surface area contributed by atoms with E-state index in [1.165, 1.54) is 12.1 Å². The molecular weight excluding hydrogens is 141 g/mol. The van der Waals surface area contributed by atoms with Gasteiger partial charge in [-0.1, -0.05) is 24.8 Å². The minimum Gasteiger partial charge on any atom is -0.207 e. The van der Waals surface area contributed by atoms with Crippen molar-refractivity contribution in [1.29, 1.82) is 5.26 Å². The molecule has 1 aromatic rings. The fourth-order valence-electron chi connectivity index (χ4n) is 0.634. The molecule has 0 amide bonds. The molecule has 0 spiro atoms. The fourth-order valence-corrected chi connectivity index (χ4v) is 0.634. The van der Waals surface area contributed by atoms with E-state index in [2.05, 4.69) is 13.2 Å². The third-order valence-corrected chi connectivity index (χ3v) is 1.08. The molecule has 0 bridgehead atoms. The van der Waals surface area contributed by atoms with E-state index in [1.807, 2.05) is 0 Å². The van der Waals surface area contributed by atoms with Crippen molar-refractivity contribution in [2.75, 3.05) is 0 Å². The van der Waals surface area contributed by atoms with Crippen molar-refractivity contribution in [3.05, 3.63) is 42.2 Å². The summed E-state index contributed by atoms with van der Waals surface area (Å²) in [6, 6.07) is 6.31. The lowest BCUT2D eigenvalue weighted by atomic mass is 10.2. The Bertz CT molecular complexity index is 253. The first-order valence-electron chi connectivity index (χ1n) is 2.97. The summed E-state index contributed by atoms with van der Waals surface area (Å²) in [6.45, 7) is 7.01. The summed E-state index contributed by atoms with van der Waals surface area (Å²) >= 11 is 0. The highest BCUT2D eigenvalue weighted by atomic mass is 19.1. The number of nitriles is 1. The van der Waals surface area contributed by atoms with E-state index in [9.17, 15) is 4.39 Å². The lowest BCUT2D eigenvalue weighted by molar-refractivity contribution is 0.627. The molecule has 1 nitrogen and oxygen atoms in total. The van der Waals surface area contributed by atoms with Crippen LogP contribution in [-0.2, 0) is 0 Å². The van der Waals surface area contributed by atoms with Crippen LogP contribution in [0.5, 0.6) is 0 Å². The van der Waals surface area contributed by atoms with Crippen LogP contribution in [0.1, 0.15) is 5.56 Å². The summed E-state index contributed by atoms with van der Waals surface area (Å²) in [4.78, 5) is 0. The first kappa shape index (κ1) is 9.38. The summed E-state index contributed by atoms with van der Waals surface area (Å²) < 4.78 is 12.3. The van der Waals surface area contributed by atoms with Gasteiger partial charge in [0.05, 0.1) is 0 Å². The zero-order valence-electron chi connectivity index (χ0n) is 6.00.